The van der Waals surface area contributed by atoms with Crippen LogP contribution in [0.2, 0.25) is 0 Å². The second kappa shape index (κ2) is 4.38. The topological polar surface area (TPSA) is 37.8 Å². The van der Waals surface area contributed by atoms with Crippen molar-refractivity contribution in [3.63, 3.8) is 0 Å². The van der Waals surface area contributed by atoms with E-state index in [1.807, 2.05) is 11.4 Å². The third-order valence-electron chi connectivity index (χ3n) is 2.69. The number of nitrogens with zero attached hydrogens (tertiary/aromatic N) is 1. The minimum Gasteiger partial charge on any atom is -0.323 e. The van der Waals surface area contributed by atoms with Gasteiger partial charge >= 0.3 is 0 Å². The maximum absolute atomic E-state index is 12.2. The van der Waals surface area contributed by atoms with E-state index in [4.69, 9.17) is 12.2 Å². The molecule has 0 bridgehead atoms. The van der Waals surface area contributed by atoms with Gasteiger partial charge in [0.1, 0.15) is 4.83 Å². The number of hydrogen-bond acceptors (Lipinski definition) is 3. The molecule has 0 saturated heterocycles. The first kappa shape index (κ1) is 12.5. The van der Waals surface area contributed by atoms with Crippen molar-refractivity contribution in [2.45, 2.75) is 33.7 Å². The highest BCUT2D eigenvalue weighted by Gasteiger charge is 2.12. The minimum atomic E-state index is 0.0225. The van der Waals surface area contributed by atoms with Crippen molar-refractivity contribution in [1.29, 1.82) is 0 Å². The van der Waals surface area contributed by atoms with Crippen molar-refractivity contribution in [2.75, 3.05) is 0 Å². The number of aromatic nitrogens is 2. The largest absolute Gasteiger partial charge is 0.323 e. The Hall–Kier alpha value is -0.940. The third kappa shape index (κ3) is 2.66. The molecule has 0 spiro atoms. The van der Waals surface area contributed by atoms with E-state index in [-0.39, 0.29) is 11.0 Å². The van der Waals surface area contributed by atoms with Crippen LogP contribution in [-0.4, -0.2) is 9.55 Å². The summed E-state index contributed by atoms with van der Waals surface area (Å²) in [5.41, 5.74) is 0.222. The molecule has 0 aromatic carbocycles. The average molecular weight is 268 g/mol. The van der Waals surface area contributed by atoms with E-state index in [1.54, 1.807) is 4.57 Å². The van der Waals surface area contributed by atoms with Crippen molar-refractivity contribution in [2.24, 2.45) is 5.41 Å². The number of hydrogen-bond donors (Lipinski definition) is 1. The molecule has 0 atom stereocenters. The standard InChI is InChI=1S/C12H16N2OS2/c1-12(2,3)5-6-14-10(15)8-4-7-17-9(8)13-11(14)16/h4,7H,5-6H2,1-3H3,(H,13,16). The summed E-state index contributed by atoms with van der Waals surface area (Å²) >= 11 is 6.75. The Morgan fingerprint density at radius 3 is 2.82 bits per heavy atom. The van der Waals surface area contributed by atoms with Gasteiger partial charge in [-0.1, -0.05) is 20.8 Å². The zero-order valence-corrected chi connectivity index (χ0v) is 11.9. The molecule has 5 heteroatoms. The first-order valence-corrected chi connectivity index (χ1v) is 6.87. The molecule has 0 aliphatic rings. The van der Waals surface area contributed by atoms with Crippen LogP contribution >= 0.6 is 23.6 Å². The molecule has 0 aliphatic heterocycles. The van der Waals surface area contributed by atoms with E-state index in [2.05, 4.69) is 25.8 Å². The fourth-order valence-corrected chi connectivity index (χ4v) is 2.75. The lowest BCUT2D eigenvalue weighted by Crippen LogP contribution is -2.24. The Kier molecular flexibility index (Phi) is 3.23. The van der Waals surface area contributed by atoms with Gasteiger partial charge in [0.05, 0.1) is 5.39 Å². The van der Waals surface area contributed by atoms with E-state index in [0.717, 1.165) is 16.6 Å². The van der Waals surface area contributed by atoms with Gasteiger partial charge in [-0.25, -0.2) is 0 Å². The van der Waals surface area contributed by atoms with Crippen LogP contribution in [0.3, 0.4) is 0 Å². The first-order valence-electron chi connectivity index (χ1n) is 5.59. The molecule has 2 heterocycles. The number of aromatic amines is 1. The SMILES string of the molecule is CC(C)(C)CCn1c(=S)[nH]c2sccc2c1=O. The second-order valence-corrected chi connectivity index (χ2v) is 6.66. The molecular formula is C12H16N2OS2. The molecule has 0 fully saturated rings. The third-order valence-corrected chi connectivity index (χ3v) is 3.84. The van der Waals surface area contributed by atoms with Gasteiger partial charge in [0.25, 0.3) is 5.56 Å². The molecule has 0 aliphatic carbocycles. The van der Waals surface area contributed by atoms with E-state index in [9.17, 15) is 4.79 Å². The van der Waals surface area contributed by atoms with Gasteiger partial charge in [0.15, 0.2) is 4.77 Å². The van der Waals surface area contributed by atoms with Crippen LogP contribution in [0.4, 0.5) is 0 Å². The monoisotopic (exact) mass is 268 g/mol. The summed E-state index contributed by atoms with van der Waals surface area (Å²) in [6.45, 7) is 7.15. The van der Waals surface area contributed by atoms with E-state index < -0.39 is 0 Å². The maximum Gasteiger partial charge on any atom is 0.263 e. The number of fused-ring (bicyclic) bond motifs is 1. The summed E-state index contributed by atoms with van der Waals surface area (Å²) in [5.74, 6) is 0. The maximum atomic E-state index is 12.2. The zero-order chi connectivity index (χ0) is 12.6. The van der Waals surface area contributed by atoms with Gasteiger partial charge in [-0.05, 0) is 35.5 Å². The lowest BCUT2D eigenvalue weighted by atomic mass is 9.92. The molecule has 2 rings (SSSR count). The molecule has 0 amide bonds. The molecule has 0 saturated carbocycles. The van der Waals surface area contributed by atoms with E-state index >= 15 is 0 Å². The minimum absolute atomic E-state index is 0.0225. The highest BCUT2D eigenvalue weighted by Crippen LogP contribution is 2.20. The predicted octanol–water partition coefficient (Wildman–Crippen LogP) is 3.56. The summed E-state index contributed by atoms with van der Waals surface area (Å²) in [6, 6.07) is 1.85. The van der Waals surface area contributed by atoms with Crippen LogP contribution in [0, 0.1) is 10.2 Å². The van der Waals surface area contributed by atoms with Crippen LogP contribution in [0.15, 0.2) is 16.2 Å². The van der Waals surface area contributed by atoms with Crippen molar-refractivity contribution >= 4 is 33.8 Å². The van der Waals surface area contributed by atoms with Crippen LogP contribution < -0.4 is 5.56 Å². The molecular weight excluding hydrogens is 252 g/mol. The summed E-state index contributed by atoms with van der Waals surface area (Å²) in [5, 5.41) is 2.64. The van der Waals surface area contributed by atoms with Gasteiger partial charge in [0, 0.05) is 6.54 Å². The summed E-state index contributed by atoms with van der Waals surface area (Å²) in [7, 11) is 0. The summed E-state index contributed by atoms with van der Waals surface area (Å²) < 4.78 is 2.18. The molecule has 2 aromatic heterocycles. The zero-order valence-electron chi connectivity index (χ0n) is 10.2. The lowest BCUT2D eigenvalue weighted by Gasteiger charge is -2.18. The normalized spacial score (nSPS) is 12.2. The Bertz CT molecular complexity index is 643. The molecule has 3 nitrogen and oxygen atoms in total. The van der Waals surface area contributed by atoms with Crippen molar-refractivity contribution in [3.8, 4) is 0 Å². The average Bonchev–Trinajstić information content (AvgIpc) is 2.63. The molecule has 0 unspecified atom stereocenters. The molecule has 1 N–H and O–H groups in total. The van der Waals surface area contributed by atoms with Crippen molar-refractivity contribution < 1.29 is 0 Å². The van der Waals surface area contributed by atoms with Crippen LogP contribution in [0.25, 0.3) is 10.2 Å². The fourth-order valence-electron chi connectivity index (χ4n) is 1.63. The quantitative estimate of drug-likeness (QED) is 0.846. The van der Waals surface area contributed by atoms with E-state index in [1.165, 1.54) is 11.3 Å². The first-order chi connectivity index (χ1) is 7.88. The van der Waals surface area contributed by atoms with E-state index in [0.29, 0.717) is 11.3 Å². The Morgan fingerprint density at radius 1 is 1.47 bits per heavy atom. The smallest absolute Gasteiger partial charge is 0.263 e. The van der Waals surface area contributed by atoms with Gasteiger partial charge in [-0.15, -0.1) is 11.3 Å². The Labute approximate surface area is 109 Å². The van der Waals surface area contributed by atoms with Gasteiger partial charge < -0.3 is 4.98 Å². The highest BCUT2D eigenvalue weighted by molar-refractivity contribution is 7.71. The van der Waals surface area contributed by atoms with Crippen LogP contribution in [0.1, 0.15) is 27.2 Å². The van der Waals surface area contributed by atoms with Gasteiger partial charge in [0.2, 0.25) is 0 Å². The van der Waals surface area contributed by atoms with Gasteiger partial charge in [-0.2, -0.15) is 0 Å². The lowest BCUT2D eigenvalue weighted by molar-refractivity contribution is 0.346. The molecule has 17 heavy (non-hydrogen) atoms. The van der Waals surface area contributed by atoms with Crippen LogP contribution in [-0.2, 0) is 6.54 Å². The van der Waals surface area contributed by atoms with Crippen molar-refractivity contribution in [3.05, 3.63) is 26.6 Å². The highest BCUT2D eigenvalue weighted by atomic mass is 32.1. The molecule has 2 aromatic rings. The predicted molar refractivity (Wildman–Crippen MR) is 75.3 cm³/mol. The van der Waals surface area contributed by atoms with Crippen molar-refractivity contribution in [1.82, 2.24) is 9.55 Å². The Balaban J connectivity index is 2.47. The molecule has 0 radical (unpaired) electrons. The Morgan fingerprint density at radius 2 is 2.18 bits per heavy atom. The fraction of sp³-hybridized carbons (Fsp3) is 0.500. The number of rotatable bonds is 2. The summed E-state index contributed by atoms with van der Waals surface area (Å²) in [6.07, 6.45) is 0.931. The number of thiophene rings is 1. The molecule has 92 valence electrons. The van der Waals surface area contributed by atoms with Crippen LogP contribution in [0.5, 0.6) is 0 Å². The van der Waals surface area contributed by atoms with Gasteiger partial charge in [-0.3, -0.25) is 9.36 Å². The number of nitrogens with one attached hydrogen (secondary N) is 1. The number of H-pyrrole nitrogens is 1. The second-order valence-electron chi connectivity index (χ2n) is 5.36. The summed E-state index contributed by atoms with van der Waals surface area (Å²) in [4.78, 5) is 16.2.